The summed E-state index contributed by atoms with van der Waals surface area (Å²) >= 11 is 1.29. The predicted octanol–water partition coefficient (Wildman–Crippen LogP) is 3.90. The van der Waals surface area contributed by atoms with Crippen molar-refractivity contribution < 1.29 is 14.1 Å². The molecule has 3 rings (SSSR count). The largest absolute Gasteiger partial charge is 0.411 e. The fourth-order valence-corrected chi connectivity index (χ4v) is 2.93. The smallest absolute Gasteiger partial charge is 0.277 e. The molecule has 1 aromatic heterocycles. The maximum atomic E-state index is 11.1. The molecule has 1 N–H and O–H groups in total. The van der Waals surface area contributed by atoms with Gasteiger partial charge in [-0.2, -0.15) is 0 Å². The van der Waals surface area contributed by atoms with Gasteiger partial charge in [0.25, 0.3) is 10.9 Å². The number of amides is 1. The van der Waals surface area contributed by atoms with E-state index in [4.69, 9.17) is 4.42 Å². The summed E-state index contributed by atoms with van der Waals surface area (Å²) in [5, 5.41) is 21.9. The van der Waals surface area contributed by atoms with Crippen LogP contribution in [0.4, 0.5) is 11.4 Å². The Balaban J connectivity index is 1.69. The van der Waals surface area contributed by atoms with Gasteiger partial charge in [0.05, 0.1) is 4.92 Å². The maximum absolute atomic E-state index is 11.1. The number of benzene rings is 2. The minimum absolute atomic E-state index is 0.0455. The molecule has 2 aromatic carbocycles. The van der Waals surface area contributed by atoms with Gasteiger partial charge in [-0.3, -0.25) is 14.9 Å². The molecule has 132 valence electrons. The first-order valence-electron chi connectivity index (χ1n) is 7.59. The van der Waals surface area contributed by atoms with Crippen molar-refractivity contribution >= 4 is 29.0 Å². The number of non-ortho nitro benzene ring substituents is 1. The highest BCUT2D eigenvalue weighted by Crippen LogP contribution is 2.27. The molecule has 1 amide bonds. The molecule has 0 aliphatic heterocycles. The van der Waals surface area contributed by atoms with Gasteiger partial charge in [0.15, 0.2) is 0 Å². The monoisotopic (exact) mass is 370 g/mol. The van der Waals surface area contributed by atoms with Gasteiger partial charge in [-0.25, -0.2) is 0 Å². The average Bonchev–Trinajstić information content (AvgIpc) is 3.09. The molecule has 0 spiro atoms. The second-order valence-corrected chi connectivity index (χ2v) is 6.28. The Hall–Kier alpha value is -3.20. The summed E-state index contributed by atoms with van der Waals surface area (Å²) < 4.78 is 5.62. The number of thioether (sulfide) groups is 1. The number of carbonyl (C=O) groups excluding carboxylic acids is 1. The minimum Gasteiger partial charge on any atom is -0.411 e. The first-order chi connectivity index (χ1) is 12.5. The molecule has 0 saturated carbocycles. The molecule has 0 aliphatic rings. The number of anilines is 1. The Kier molecular flexibility index (Phi) is 5.28. The normalized spacial score (nSPS) is 10.5. The summed E-state index contributed by atoms with van der Waals surface area (Å²) in [7, 11) is 0. The number of aromatic nitrogens is 2. The number of carbonyl (C=O) groups is 1. The van der Waals surface area contributed by atoms with Crippen LogP contribution in [-0.4, -0.2) is 21.0 Å². The van der Waals surface area contributed by atoms with Crippen LogP contribution in [0.15, 0.2) is 58.2 Å². The zero-order valence-electron chi connectivity index (χ0n) is 13.7. The zero-order chi connectivity index (χ0) is 18.5. The molecule has 0 radical (unpaired) electrons. The molecule has 0 aliphatic carbocycles. The van der Waals surface area contributed by atoms with E-state index in [1.807, 2.05) is 0 Å². The summed E-state index contributed by atoms with van der Waals surface area (Å²) in [6.45, 7) is 1.43. The zero-order valence-corrected chi connectivity index (χ0v) is 14.5. The van der Waals surface area contributed by atoms with Crippen LogP contribution >= 0.6 is 11.8 Å². The van der Waals surface area contributed by atoms with E-state index in [-0.39, 0.29) is 11.6 Å². The Labute approximate surface area is 152 Å². The third-order valence-corrected chi connectivity index (χ3v) is 4.21. The second kappa shape index (κ2) is 7.79. The topological polar surface area (TPSA) is 111 Å². The van der Waals surface area contributed by atoms with Crippen molar-refractivity contribution in [1.82, 2.24) is 10.2 Å². The molecule has 1 heterocycles. The highest BCUT2D eigenvalue weighted by molar-refractivity contribution is 7.98. The Morgan fingerprint density at radius 2 is 2.04 bits per heavy atom. The van der Waals surface area contributed by atoms with Crippen molar-refractivity contribution in [3.8, 4) is 11.5 Å². The summed E-state index contributed by atoms with van der Waals surface area (Å²) in [5.41, 5.74) is 2.16. The maximum Gasteiger partial charge on any atom is 0.277 e. The van der Waals surface area contributed by atoms with Crippen molar-refractivity contribution in [1.29, 1.82) is 0 Å². The summed E-state index contributed by atoms with van der Waals surface area (Å²) in [6.07, 6.45) is 0. The molecule has 0 atom stereocenters. The molecule has 8 nitrogen and oxygen atoms in total. The van der Waals surface area contributed by atoms with Crippen LogP contribution in [0.5, 0.6) is 0 Å². The number of hydrogen-bond acceptors (Lipinski definition) is 7. The quantitative estimate of drug-likeness (QED) is 0.398. The van der Waals surface area contributed by atoms with Gasteiger partial charge in [0, 0.05) is 36.1 Å². The Morgan fingerprint density at radius 1 is 1.23 bits per heavy atom. The van der Waals surface area contributed by atoms with Crippen LogP contribution in [0.2, 0.25) is 0 Å². The molecule has 0 unspecified atom stereocenters. The van der Waals surface area contributed by atoms with Crippen molar-refractivity contribution in [2.75, 3.05) is 5.32 Å². The lowest BCUT2D eigenvalue weighted by atomic mass is 10.2. The number of rotatable bonds is 6. The third-order valence-electron chi connectivity index (χ3n) is 3.32. The molecular weight excluding hydrogens is 356 g/mol. The molecule has 9 heteroatoms. The highest BCUT2D eigenvalue weighted by atomic mass is 32.2. The lowest BCUT2D eigenvalue weighted by Crippen LogP contribution is -2.05. The Bertz CT molecular complexity index is 957. The number of hydrogen-bond donors (Lipinski definition) is 1. The first kappa shape index (κ1) is 17.6. The van der Waals surface area contributed by atoms with Crippen molar-refractivity contribution in [2.45, 2.75) is 17.9 Å². The molecular formula is C17H14N4O4S. The molecule has 0 saturated heterocycles. The number of nitrogens with zero attached hydrogens (tertiary/aromatic N) is 3. The van der Waals surface area contributed by atoms with E-state index in [1.165, 1.54) is 30.8 Å². The fraction of sp³-hybridized carbons (Fsp3) is 0.118. The molecule has 3 aromatic rings. The molecule has 0 fully saturated rings. The van der Waals surface area contributed by atoms with E-state index in [1.54, 1.807) is 36.4 Å². The van der Waals surface area contributed by atoms with E-state index in [0.717, 1.165) is 5.56 Å². The fourth-order valence-electron chi connectivity index (χ4n) is 2.22. The van der Waals surface area contributed by atoms with E-state index in [9.17, 15) is 14.9 Å². The van der Waals surface area contributed by atoms with Crippen LogP contribution in [0.1, 0.15) is 12.5 Å². The summed E-state index contributed by atoms with van der Waals surface area (Å²) in [6, 6.07) is 13.5. The standard InChI is InChI=1S/C17H14N4O4S/c1-11(22)18-14-6-3-5-13(9-14)16-19-20-17(25-16)26-10-12-4-2-7-15(8-12)21(23)24/h2-9H,10H2,1H3,(H,18,22). The van der Waals surface area contributed by atoms with Gasteiger partial charge in [-0.1, -0.05) is 30.0 Å². The van der Waals surface area contributed by atoms with Gasteiger partial charge in [-0.15, -0.1) is 10.2 Å². The Morgan fingerprint density at radius 3 is 2.81 bits per heavy atom. The predicted molar refractivity (Wildman–Crippen MR) is 96.7 cm³/mol. The van der Waals surface area contributed by atoms with Crippen LogP contribution in [0, 0.1) is 10.1 Å². The van der Waals surface area contributed by atoms with Gasteiger partial charge in [0.2, 0.25) is 11.8 Å². The second-order valence-electron chi connectivity index (χ2n) is 5.35. The lowest BCUT2D eigenvalue weighted by molar-refractivity contribution is -0.384. The minimum atomic E-state index is -0.430. The van der Waals surface area contributed by atoms with E-state index in [0.29, 0.717) is 28.1 Å². The number of nitro benzene ring substituents is 1. The van der Waals surface area contributed by atoms with E-state index in [2.05, 4.69) is 15.5 Å². The SMILES string of the molecule is CC(=O)Nc1cccc(-c2nnc(SCc3cccc([N+](=O)[O-])c3)o2)c1. The van der Waals surface area contributed by atoms with Crippen molar-refractivity contribution in [2.24, 2.45) is 0 Å². The summed E-state index contributed by atoms with van der Waals surface area (Å²) in [5.74, 6) is 0.634. The average molecular weight is 370 g/mol. The van der Waals surface area contributed by atoms with Gasteiger partial charge in [-0.05, 0) is 23.8 Å². The van der Waals surface area contributed by atoms with E-state index < -0.39 is 4.92 Å². The van der Waals surface area contributed by atoms with Crippen molar-refractivity contribution in [3.05, 3.63) is 64.2 Å². The highest BCUT2D eigenvalue weighted by Gasteiger charge is 2.11. The molecule has 26 heavy (non-hydrogen) atoms. The third kappa shape index (κ3) is 4.45. The van der Waals surface area contributed by atoms with Crippen LogP contribution in [-0.2, 0) is 10.5 Å². The first-order valence-corrected chi connectivity index (χ1v) is 8.57. The van der Waals surface area contributed by atoms with Gasteiger partial charge < -0.3 is 9.73 Å². The summed E-state index contributed by atoms with van der Waals surface area (Å²) in [4.78, 5) is 21.5. The number of nitro groups is 1. The number of nitrogens with one attached hydrogen (secondary N) is 1. The van der Waals surface area contributed by atoms with Crippen LogP contribution in [0.3, 0.4) is 0 Å². The molecule has 0 bridgehead atoms. The van der Waals surface area contributed by atoms with Crippen LogP contribution < -0.4 is 5.32 Å². The van der Waals surface area contributed by atoms with E-state index >= 15 is 0 Å². The lowest BCUT2D eigenvalue weighted by Gasteiger charge is -2.02. The van der Waals surface area contributed by atoms with Crippen LogP contribution in [0.25, 0.3) is 11.5 Å². The van der Waals surface area contributed by atoms with Gasteiger partial charge in [0.1, 0.15) is 0 Å². The van der Waals surface area contributed by atoms with Gasteiger partial charge >= 0.3 is 0 Å². The van der Waals surface area contributed by atoms with Crippen molar-refractivity contribution in [3.63, 3.8) is 0 Å².